The van der Waals surface area contributed by atoms with Gasteiger partial charge in [0, 0.05) is 10.6 Å². The van der Waals surface area contributed by atoms with Crippen LogP contribution in [0.4, 0.5) is 0 Å². The number of nitrogens with zero attached hydrogens (tertiary/aromatic N) is 1. The second-order valence-electron chi connectivity index (χ2n) is 6.54. The first-order chi connectivity index (χ1) is 11.6. The summed E-state index contributed by atoms with van der Waals surface area (Å²) in [7, 11) is 0. The topological polar surface area (TPSA) is 90.7 Å². The Hall–Kier alpha value is -1.43. The van der Waals surface area contributed by atoms with Gasteiger partial charge in [0.15, 0.2) is 11.6 Å². The summed E-state index contributed by atoms with van der Waals surface area (Å²) in [6, 6.07) is 7.12. The fourth-order valence-corrected chi connectivity index (χ4v) is 3.87. The molecule has 0 aromatic heterocycles. The molecule has 0 saturated heterocycles. The van der Waals surface area contributed by atoms with Gasteiger partial charge < -0.3 is 16.2 Å². The van der Waals surface area contributed by atoms with Gasteiger partial charge >= 0.3 is 0 Å². The van der Waals surface area contributed by atoms with Crippen molar-refractivity contribution in [2.45, 2.75) is 56.2 Å². The van der Waals surface area contributed by atoms with E-state index in [1.54, 1.807) is 6.07 Å². The van der Waals surface area contributed by atoms with E-state index in [1.165, 1.54) is 0 Å². The molecule has 1 aromatic rings. The number of hydrogen-bond acceptors (Lipinski definition) is 5. The Morgan fingerprint density at radius 3 is 2.92 bits per heavy atom. The number of carbonyl (C=O) groups is 1. The summed E-state index contributed by atoms with van der Waals surface area (Å²) in [6.07, 6.45) is 4.34. The molecule has 1 heterocycles. The van der Waals surface area contributed by atoms with Gasteiger partial charge in [-0.25, -0.2) is 4.99 Å². The normalized spacial score (nSPS) is 27.4. The molecule has 1 aromatic carbocycles. The number of carbonyl (C=O) groups excluding carboxylic acids is 1. The Kier molecular flexibility index (Phi) is 5.23. The molecule has 0 unspecified atom stereocenters. The van der Waals surface area contributed by atoms with Gasteiger partial charge in [-0.15, -0.1) is 0 Å². The zero-order valence-electron chi connectivity index (χ0n) is 13.7. The smallest absolute Gasteiger partial charge is 0.205 e. The zero-order chi connectivity index (χ0) is 17.2. The summed E-state index contributed by atoms with van der Waals surface area (Å²) in [4.78, 5) is 17.7. The van der Waals surface area contributed by atoms with E-state index >= 15 is 0 Å². The number of halogens is 1. The van der Waals surface area contributed by atoms with Crippen LogP contribution in [0.25, 0.3) is 0 Å². The average Bonchev–Trinajstić information content (AvgIpc) is 2.55. The third kappa shape index (κ3) is 3.08. The number of ether oxygens (including phenoxy) is 1. The molecule has 1 saturated carbocycles. The number of unbranched alkanes of at least 4 members (excludes halogenated alkanes) is 1. The number of fused-ring (bicyclic) bond motifs is 2. The lowest BCUT2D eigenvalue weighted by molar-refractivity contribution is -0.137. The first-order valence-electron chi connectivity index (χ1n) is 8.60. The lowest BCUT2D eigenvalue weighted by Crippen LogP contribution is -2.54. The predicted molar refractivity (Wildman–Crippen MR) is 95.2 cm³/mol. The van der Waals surface area contributed by atoms with Crippen molar-refractivity contribution >= 4 is 23.3 Å². The summed E-state index contributed by atoms with van der Waals surface area (Å²) in [6.45, 7) is 0.644. The van der Waals surface area contributed by atoms with E-state index in [4.69, 9.17) is 32.8 Å². The van der Waals surface area contributed by atoms with Crippen molar-refractivity contribution in [2.75, 3.05) is 6.54 Å². The lowest BCUT2D eigenvalue weighted by atomic mass is 9.73. The van der Waals surface area contributed by atoms with E-state index in [1.807, 2.05) is 18.2 Å². The summed E-state index contributed by atoms with van der Waals surface area (Å²) >= 11 is 6.39. The lowest BCUT2D eigenvalue weighted by Gasteiger charge is -2.42. The number of hydrogen-bond donors (Lipinski definition) is 2. The molecule has 3 atom stereocenters. The predicted octanol–water partition coefficient (Wildman–Crippen LogP) is 2.54. The van der Waals surface area contributed by atoms with Crippen LogP contribution in [0, 0.1) is 0 Å². The molecule has 6 heteroatoms. The maximum atomic E-state index is 13.0. The Morgan fingerprint density at radius 2 is 2.17 bits per heavy atom. The van der Waals surface area contributed by atoms with Gasteiger partial charge in [-0.1, -0.05) is 36.2 Å². The number of rotatable bonds is 6. The maximum Gasteiger partial charge on any atom is 0.205 e. The molecule has 0 amide bonds. The molecule has 130 valence electrons. The fourth-order valence-electron chi connectivity index (χ4n) is 3.57. The molecular weight excluding hydrogens is 326 g/mol. The highest BCUT2D eigenvalue weighted by Crippen LogP contribution is 2.44. The van der Waals surface area contributed by atoms with Gasteiger partial charge in [0.1, 0.15) is 0 Å². The Morgan fingerprint density at radius 1 is 1.38 bits per heavy atom. The monoisotopic (exact) mass is 349 g/mol. The van der Waals surface area contributed by atoms with Crippen LogP contribution >= 0.6 is 11.6 Å². The third-order valence-electron chi connectivity index (χ3n) is 4.87. The minimum absolute atomic E-state index is 0.000224. The molecule has 24 heavy (non-hydrogen) atoms. The second-order valence-corrected chi connectivity index (χ2v) is 6.95. The van der Waals surface area contributed by atoms with Crippen LogP contribution in [0.1, 0.15) is 44.1 Å². The summed E-state index contributed by atoms with van der Waals surface area (Å²) in [5, 5.41) is 0.563. The second kappa shape index (κ2) is 7.21. The molecule has 0 radical (unpaired) electrons. The molecule has 0 spiro atoms. The van der Waals surface area contributed by atoms with Crippen LogP contribution in [0.2, 0.25) is 5.02 Å². The number of aliphatic imine (C=N–C) groups is 1. The standard InChI is InChI=1S/C18H24ClN3O2/c19-13-7-2-1-6-12(13)18-10-5-9-15(16(18)23)24-17(22-18)14(21)8-3-4-11-20/h1-2,6-7,14-15H,3-5,8-11,20-21H2/t14-,15+,18+/m0/s1. The third-order valence-corrected chi connectivity index (χ3v) is 5.20. The van der Waals surface area contributed by atoms with Crippen LogP contribution in [0.3, 0.4) is 0 Å². The highest BCUT2D eigenvalue weighted by atomic mass is 35.5. The Balaban J connectivity index is 1.97. The Labute approximate surface area is 147 Å². The molecule has 2 bridgehead atoms. The average molecular weight is 350 g/mol. The summed E-state index contributed by atoms with van der Waals surface area (Å²) in [5.74, 6) is 0.482. The van der Waals surface area contributed by atoms with Crippen molar-refractivity contribution in [3.05, 3.63) is 34.9 Å². The minimum Gasteiger partial charge on any atom is -0.468 e. The molecule has 1 aliphatic heterocycles. The van der Waals surface area contributed by atoms with Gasteiger partial charge in [0.05, 0.1) is 6.04 Å². The van der Waals surface area contributed by atoms with E-state index in [2.05, 4.69) is 0 Å². The van der Waals surface area contributed by atoms with Gasteiger partial charge in [-0.2, -0.15) is 0 Å². The summed E-state index contributed by atoms with van der Waals surface area (Å²) < 4.78 is 5.85. The highest BCUT2D eigenvalue weighted by molar-refractivity contribution is 6.32. The van der Waals surface area contributed by atoms with Crippen LogP contribution in [-0.2, 0) is 15.1 Å². The van der Waals surface area contributed by atoms with Crippen LogP contribution in [-0.4, -0.2) is 30.4 Å². The van der Waals surface area contributed by atoms with Gasteiger partial charge in [-0.3, -0.25) is 4.79 Å². The van der Waals surface area contributed by atoms with Crippen LogP contribution < -0.4 is 11.5 Å². The number of ketones is 1. The van der Waals surface area contributed by atoms with Crippen molar-refractivity contribution in [3.8, 4) is 0 Å². The minimum atomic E-state index is -0.944. The summed E-state index contributed by atoms with van der Waals surface area (Å²) in [5.41, 5.74) is 11.6. The fraction of sp³-hybridized carbons (Fsp3) is 0.556. The van der Waals surface area contributed by atoms with E-state index in [-0.39, 0.29) is 11.8 Å². The van der Waals surface area contributed by atoms with Gasteiger partial charge in [0.25, 0.3) is 0 Å². The first-order valence-corrected chi connectivity index (χ1v) is 8.97. The molecule has 4 N–H and O–H groups in total. The van der Waals surface area contributed by atoms with E-state index in [0.717, 1.165) is 31.2 Å². The van der Waals surface area contributed by atoms with Crippen molar-refractivity contribution in [3.63, 3.8) is 0 Å². The molecule has 1 fully saturated rings. The molecule has 3 rings (SSSR count). The largest absolute Gasteiger partial charge is 0.468 e. The quantitative estimate of drug-likeness (QED) is 0.772. The Bertz CT molecular complexity index is 649. The molecule has 5 nitrogen and oxygen atoms in total. The van der Waals surface area contributed by atoms with Gasteiger partial charge in [0.2, 0.25) is 11.7 Å². The van der Waals surface area contributed by atoms with E-state index < -0.39 is 11.6 Å². The van der Waals surface area contributed by atoms with E-state index in [0.29, 0.717) is 30.3 Å². The molecule has 2 aliphatic rings. The van der Waals surface area contributed by atoms with Crippen molar-refractivity contribution < 1.29 is 9.53 Å². The highest BCUT2D eigenvalue weighted by Gasteiger charge is 2.52. The first kappa shape index (κ1) is 17.4. The zero-order valence-corrected chi connectivity index (χ0v) is 14.5. The van der Waals surface area contributed by atoms with Crippen molar-refractivity contribution in [1.82, 2.24) is 0 Å². The van der Waals surface area contributed by atoms with Gasteiger partial charge in [-0.05, 0) is 44.7 Å². The van der Waals surface area contributed by atoms with E-state index in [9.17, 15) is 4.79 Å². The van der Waals surface area contributed by atoms with Crippen LogP contribution in [0.5, 0.6) is 0 Å². The van der Waals surface area contributed by atoms with Crippen LogP contribution in [0.15, 0.2) is 29.3 Å². The maximum absolute atomic E-state index is 13.0. The molecule has 1 aliphatic carbocycles. The SMILES string of the molecule is NCCCC[C@H](N)C1=N[C@@]2(c3ccccc3Cl)CCC[C@@H](O1)C2=O. The number of Topliss-reactive ketones (excluding diaryl/α,β-unsaturated/α-hetero) is 1. The number of nitrogens with two attached hydrogens (primary N) is 2. The molecular formula is C18H24ClN3O2. The van der Waals surface area contributed by atoms with Crippen molar-refractivity contribution in [1.29, 1.82) is 0 Å². The van der Waals surface area contributed by atoms with Crippen molar-refractivity contribution in [2.24, 2.45) is 16.5 Å². The number of benzene rings is 1.